The Bertz CT molecular complexity index is 404. The molecule has 0 heterocycles. The van der Waals surface area contributed by atoms with E-state index in [-0.39, 0.29) is 5.97 Å². The summed E-state index contributed by atoms with van der Waals surface area (Å²) in [7, 11) is -0.362. The van der Waals surface area contributed by atoms with E-state index in [4.69, 9.17) is 13.6 Å². The van der Waals surface area contributed by atoms with Crippen LogP contribution in [0.2, 0.25) is 29.2 Å². The predicted octanol–water partition coefficient (Wildman–Crippen LogP) is 5.17. The van der Waals surface area contributed by atoms with Gasteiger partial charge in [0.2, 0.25) is 0 Å². The first-order chi connectivity index (χ1) is 12.5. The smallest absolute Gasteiger partial charge is 0.334 e. The first-order valence-electron chi connectivity index (χ1n) is 10.5. The Balaban J connectivity index is 5.50. The molecule has 0 bridgehead atoms. The van der Waals surface area contributed by atoms with E-state index >= 15 is 0 Å². The molecule has 0 amide bonds. The Kier molecular flexibility index (Phi) is 12.3. The number of rotatable bonds is 14. The van der Waals surface area contributed by atoms with E-state index in [1.165, 1.54) is 0 Å². The highest BCUT2D eigenvalue weighted by Gasteiger charge is 2.48. The molecule has 0 aliphatic carbocycles. The van der Waals surface area contributed by atoms with Crippen molar-refractivity contribution in [2.24, 2.45) is 0 Å². The van der Waals surface area contributed by atoms with Gasteiger partial charge >= 0.3 is 14.5 Å². The van der Waals surface area contributed by atoms with Crippen molar-refractivity contribution < 1.29 is 18.4 Å². The lowest BCUT2D eigenvalue weighted by molar-refractivity contribution is -0.143. The van der Waals surface area contributed by atoms with Crippen molar-refractivity contribution in [3.05, 3.63) is 0 Å². The first kappa shape index (κ1) is 26.8. The summed E-state index contributed by atoms with van der Waals surface area (Å²) in [5, 5.41) is 0. The van der Waals surface area contributed by atoms with E-state index in [0.717, 1.165) is 25.6 Å². The standard InChI is InChI=1S/C20H45NO4Si2/c1-11-25-20(22)13-15-21(14-12-16-26(10,23-8)24-9)27(17(2)3,18(4)5)19(6)7/h17-19H,11-16H2,1-10H3. The summed E-state index contributed by atoms with van der Waals surface area (Å²) in [6, 6.07) is 0.967. The SMILES string of the molecule is CCOC(=O)CCN(CCC[Si](C)(OC)OC)[Si](C(C)C)(C(C)C)C(C)C. The lowest BCUT2D eigenvalue weighted by atomic mass is 10.4. The van der Waals surface area contributed by atoms with Gasteiger partial charge in [-0.25, -0.2) is 0 Å². The zero-order valence-electron chi connectivity index (χ0n) is 19.6. The number of carbonyl (C=O) groups is 1. The van der Waals surface area contributed by atoms with Crippen LogP contribution in [0.4, 0.5) is 0 Å². The molecule has 0 aromatic carbocycles. The Hall–Kier alpha value is -0.216. The van der Waals surface area contributed by atoms with Crippen LogP contribution < -0.4 is 0 Å². The Labute approximate surface area is 170 Å². The second kappa shape index (κ2) is 12.4. The van der Waals surface area contributed by atoms with Crippen molar-refractivity contribution in [3.8, 4) is 0 Å². The molecule has 0 spiro atoms. The molecule has 0 radical (unpaired) electrons. The summed E-state index contributed by atoms with van der Waals surface area (Å²) in [5.74, 6) is -0.0883. The molecule has 0 aliphatic heterocycles. The molecular weight excluding hydrogens is 374 g/mol. The van der Waals surface area contributed by atoms with E-state index in [0.29, 0.717) is 29.7 Å². The van der Waals surface area contributed by atoms with Crippen LogP contribution in [-0.2, 0) is 18.4 Å². The van der Waals surface area contributed by atoms with E-state index in [9.17, 15) is 4.79 Å². The maximum atomic E-state index is 12.0. The monoisotopic (exact) mass is 419 g/mol. The van der Waals surface area contributed by atoms with Gasteiger partial charge in [0, 0.05) is 20.8 Å². The van der Waals surface area contributed by atoms with Crippen molar-refractivity contribution in [1.82, 2.24) is 4.57 Å². The molecule has 27 heavy (non-hydrogen) atoms. The maximum Gasteiger partial charge on any atom is 0.334 e. The molecular formula is C20H45NO4Si2. The average Bonchev–Trinajstić information content (AvgIpc) is 2.58. The van der Waals surface area contributed by atoms with Gasteiger partial charge in [-0.3, -0.25) is 4.79 Å². The van der Waals surface area contributed by atoms with Gasteiger partial charge in [-0.2, -0.15) is 0 Å². The molecule has 7 heteroatoms. The number of ether oxygens (including phenoxy) is 1. The molecule has 0 aromatic rings. The molecule has 0 fully saturated rings. The lowest BCUT2D eigenvalue weighted by Gasteiger charge is -2.51. The van der Waals surface area contributed by atoms with Gasteiger partial charge in [-0.15, -0.1) is 0 Å². The van der Waals surface area contributed by atoms with Crippen LogP contribution >= 0.6 is 0 Å². The fourth-order valence-corrected chi connectivity index (χ4v) is 13.5. The van der Waals surface area contributed by atoms with Crippen molar-refractivity contribution in [1.29, 1.82) is 0 Å². The van der Waals surface area contributed by atoms with E-state index in [1.54, 1.807) is 14.2 Å². The van der Waals surface area contributed by atoms with Crippen LogP contribution in [0.25, 0.3) is 0 Å². The summed E-state index contributed by atoms with van der Waals surface area (Å²) in [6.07, 6.45) is 1.51. The summed E-state index contributed by atoms with van der Waals surface area (Å²) in [4.78, 5) is 12.0. The fourth-order valence-electron chi connectivity index (χ4n) is 4.93. The Morgan fingerprint density at radius 2 is 1.41 bits per heavy atom. The molecule has 0 aliphatic rings. The van der Waals surface area contributed by atoms with Crippen LogP contribution in [0.15, 0.2) is 0 Å². The zero-order valence-corrected chi connectivity index (χ0v) is 21.6. The zero-order chi connectivity index (χ0) is 21.3. The molecule has 0 unspecified atom stereocenters. The number of hydrogen-bond acceptors (Lipinski definition) is 5. The molecule has 0 saturated carbocycles. The Morgan fingerprint density at radius 1 is 0.926 bits per heavy atom. The molecule has 0 rings (SSSR count). The highest BCUT2D eigenvalue weighted by atomic mass is 28.4. The highest BCUT2D eigenvalue weighted by Crippen LogP contribution is 2.44. The quantitative estimate of drug-likeness (QED) is 0.287. The van der Waals surface area contributed by atoms with Crippen molar-refractivity contribution in [2.45, 2.75) is 90.5 Å². The van der Waals surface area contributed by atoms with Gasteiger partial charge < -0.3 is 18.2 Å². The van der Waals surface area contributed by atoms with Gasteiger partial charge in [-0.05, 0) is 49.1 Å². The van der Waals surface area contributed by atoms with Crippen molar-refractivity contribution in [2.75, 3.05) is 33.9 Å². The van der Waals surface area contributed by atoms with E-state index < -0.39 is 16.8 Å². The van der Waals surface area contributed by atoms with Crippen LogP contribution in [0.3, 0.4) is 0 Å². The number of esters is 1. The topological polar surface area (TPSA) is 48.0 Å². The minimum Gasteiger partial charge on any atom is -0.466 e. The molecule has 0 atom stereocenters. The summed E-state index contributed by atoms with van der Waals surface area (Å²) >= 11 is 0. The van der Waals surface area contributed by atoms with Gasteiger partial charge in [0.05, 0.1) is 13.0 Å². The van der Waals surface area contributed by atoms with Gasteiger partial charge in [-0.1, -0.05) is 41.5 Å². The van der Waals surface area contributed by atoms with Gasteiger partial charge in [0.25, 0.3) is 0 Å². The van der Waals surface area contributed by atoms with Gasteiger partial charge in [0.15, 0.2) is 0 Å². The Morgan fingerprint density at radius 3 is 1.78 bits per heavy atom. The number of carbonyl (C=O) groups excluding carboxylic acids is 1. The molecule has 5 nitrogen and oxygen atoms in total. The second-order valence-electron chi connectivity index (χ2n) is 8.54. The summed E-state index contributed by atoms with van der Waals surface area (Å²) in [6.45, 7) is 20.4. The van der Waals surface area contributed by atoms with Crippen molar-refractivity contribution >= 4 is 22.8 Å². The summed E-state index contributed by atoms with van der Waals surface area (Å²) in [5.41, 5.74) is 1.86. The van der Waals surface area contributed by atoms with Crippen molar-refractivity contribution in [3.63, 3.8) is 0 Å². The largest absolute Gasteiger partial charge is 0.466 e. The maximum absolute atomic E-state index is 12.0. The number of nitrogens with zero attached hydrogens (tertiary/aromatic N) is 1. The minimum absolute atomic E-state index is 0.0883. The number of hydrogen-bond donors (Lipinski definition) is 0. The molecule has 162 valence electrons. The molecule has 0 aromatic heterocycles. The lowest BCUT2D eigenvalue weighted by Crippen LogP contribution is -2.61. The van der Waals surface area contributed by atoms with Crippen LogP contribution in [0.5, 0.6) is 0 Å². The highest BCUT2D eigenvalue weighted by molar-refractivity contribution is 6.81. The third-order valence-corrected chi connectivity index (χ3v) is 16.2. The van der Waals surface area contributed by atoms with E-state index in [1.807, 2.05) is 6.92 Å². The first-order valence-corrected chi connectivity index (χ1v) is 15.2. The predicted molar refractivity (Wildman–Crippen MR) is 119 cm³/mol. The van der Waals surface area contributed by atoms with Gasteiger partial charge in [0.1, 0.15) is 8.24 Å². The summed E-state index contributed by atoms with van der Waals surface area (Å²) < 4.78 is 19.2. The van der Waals surface area contributed by atoms with E-state index in [2.05, 4.69) is 52.7 Å². The third kappa shape index (κ3) is 7.27. The minimum atomic E-state index is -2.07. The fraction of sp³-hybridized carbons (Fsp3) is 0.950. The normalized spacial score (nSPS) is 13.3. The second-order valence-corrected chi connectivity index (χ2v) is 18.0. The molecule has 0 saturated heterocycles. The van der Waals surface area contributed by atoms with Crippen LogP contribution in [-0.4, -0.2) is 61.2 Å². The average molecular weight is 420 g/mol. The third-order valence-electron chi connectivity index (χ3n) is 6.14. The molecule has 0 N–H and O–H groups in total. The van der Waals surface area contributed by atoms with Crippen LogP contribution in [0.1, 0.15) is 61.3 Å². The van der Waals surface area contributed by atoms with Crippen LogP contribution in [0, 0.1) is 0 Å².